The molecule has 2 aliphatic carbocycles. The van der Waals surface area contributed by atoms with Crippen LogP contribution in [0.15, 0.2) is 0 Å². The number of amides is 1. The summed E-state index contributed by atoms with van der Waals surface area (Å²) >= 11 is 0. The molecule has 2 saturated carbocycles. The summed E-state index contributed by atoms with van der Waals surface area (Å²) < 4.78 is 0. The molecule has 1 radical (unpaired) electrons. The van der Waals surface area contributed by atoms with E-state index in [4.69, 9.17) is 0 Å². The molecule has 1 saturated heterocycles. The Labute approximate surface area is 105 Å². The Balaban J connectivity index is 1.75. The van der Waals surface area contributed by atoms with Crippen LogP contribution < -0.4 is 10.6 Å². The van der Waals surface area contributed by atoms with E-state index in [1.165, 1.54) is 0 Å². The van der Waals surface area contributed by atoms with E-state index in [2.05, 4.69) is 10.6 Å². The lowest BCUT2D eigenvalue weighted by molar-refractivity contribution is -0.149. The molecule has 3 rings (SSSR count). The molecule has 6 nitrogen and oxygen atoms in total. The minimum Gasteiger partial charge on any atom is -0.479 e. The van der Waals surface area contributed by atoms with Gasteiger partial charge in [0.2, 0.25) is 5.91 Å². The first-order valence-electron chi connectivity index (χ1n) is 6.36. The lowest BCUT2D eigenvalue weighted by Crippen LogP contribution is -2.59. The molecular weight excluding hydrogens is 236 g/mol. The van der Waals surface area contributed by atoms with Crippen molar-refractivity contribution in [3.63, 3.8) is 0 Å². The van der Waals surface area contributed by atoms with Crippen LogP contribution in [-0.4, -0.2) is 46.3 Å². The number of aliphatic hydroxyl groups is 1. The highest BCUT2D eigenvalue weighted by molar-refractivity contribution is 5.91. The number of carboxylic acid groups (broad SMARTS) is 1. The van der Waals surface area contributed by atoms with Crippen molar-refractivity contribution in [3.05, 3.63) is 6.42 Å². The van der Waals surface area contributed by atoms with E-state index in [9.17, 15) is 19.8 Å². The van der Waals surface area contributed by atoms with Gasteiger partial charge in [0, 0.05) is 12.3 Å². The number of hydrogen-bond donors (Lipinski definition) is 4. The summed E-state index contributed by atoms with van der Waals surface area (Å²) in [6, 6.07) is -0.295. The number of nitrogens with one attached hydrogen (secondary N) is 2. The highest BCUT2D eigenvalue weighted by Gasteiger charge is 2.67. The van der Waals surface area contributed by atoms with Crippen LogP contribution >= 0.6 is 0 Å². The maximum Gasteiger partial charge on any atom is 0.329 e. The van der Waals surface area contributed by atoms with Crippen LogP contribution in [0.5, 0.6) is 0 Å². The highest BCUT2D eigenvalue weighted by Crippen LogP contribution is 2.56. The van der Waals surface area contributed by atoms with Gasteiger partial charge in [-0.1, -0.05) is 0 Å². The predicted octanol–water partition coefficient (Wildman–Crippen LogP) is -1.11. The van der Waals surface area contributed by atoms with Gasteiger partial charge in [-0.2, -0.15) is 0 Å². The molecule has 1 heterocycles. The van der Waals surface area contributed by atoms with Crippen LogP contribution in [0.25, 0.3) is 0 Å². The Morgan fingerprint density at radius 3 is 2.67 bits per heavy atom. The number of rotatable bonds is 3. The third-order valence-electron chi connectivity index (χ3n) is 4.35. The molecule has 1 aliphatic heterocycles. The van der Waals surface area contributed by atoms with Gasteiger partial charge >= 0.3 is 5.97 Å². The summed E-state index contributed by atoms with van der Waals surface area (Å²) in [6.07, 6.45) is 2.93. The fourth-order valence-electron chi connectivity index (χ4n) is 3.27. The van der Waals surface area contributed by atoms with E-state index in [-0.39, 0.29) is 30.2 Å². The van der Waals surface area contributed by atoms with E-state index < -0.39 is 17.6 Å². The Kier molecular flexibility index (Phi) is 2.60. The number of hydrogen-bond acceptors (Lipinski definition) is 4. The van der Waals surface area contributed by atoms with Crippen molar-refractivity contribution in [2.45, 2.75) is 36.9 Å². The summed E-state index contributed by atoms with van der Waals surface area (Å²) in [4.78, 5) is 23.5. The van der Waals surface area contributed by atoms with Gasteiger partial charge < -0.3 is 20.8 Å². The zero-order valence-corrected chi connectivity index (χ0v) is 9.93. The third kappa shape index (κ3) is 1.63. The van der Waals surface area contributed by atoms with Gasteiger partial charge in [-0.25, -0.2) is 4.79 Å². The fourth-order valence-corrected chi connectivity index (χ4v) is 3.27. The van der Waals surface area contributed by atoms with Gasteiger partial charge in [0.1, 0.15) is 5.54 Å². The number of carbonyl (C=O) groups excluding carboxylic acids is 1. The predicted molar refractivity (Wildman–Crippen MR) is 61.4 cm³/mol. The van der Waals surface area contributed by atoms with Crippen LogP contribution in [0.3, 0.4) is 0 Å². The highest BCUT2D eigenvalue weighted by atomic mass is 16.4. The summed E-state index contributed by atoms with van der Waals surface area (Å²) in [7, 11) is 0. The van der Waals surface area contributed by atoms with Crippen LogP contribution in [0.4, 0.5) is 0 Å². The second-order valence-corrected chi connectivity index (χ2v) is 5.48. The second-order valence-electron chi connectivity index (χ2n) is 5.48. The first kappa shape index (κ1) is 11.9. The molecule has 6 heteroatoms. The van der Waals surface area contributed by atoms with Crippen molar-refractivity contribution in [2.24, 2.45) is 11.8 Å². The number of aliphatic hydroxyl groups excluding tert-OH is 1. The monoisotopic (exact) mass is 253 g/mol. The molecule has 1 amide bonds. The molecule has 3 fully saturated rings. The van der Waals surface area contributed by atoms with Crippen LogP contribution in [0.1, 0.15) is 19.3 Å². The fraction of sp³-hybridized carbons (Fsp3) is 0.750. The molecule has 0 aromatic heterocycles. The van der Waals surface area contributed by atoms with Crippen molar-refractivity contribution in [1.29, 1.82) is 0 Å². The number of carbonyl (C=O) groups is 2. The van der Waals surface area contributed by atoms with Gasteiger partial charge in [0.05, 0.1) is 12.1 Å². The maximum atomic E-state index is 12.0. The van der Waals surface area contributed by atoms with Crippen LogP contribution in [-0.2, 0) is 9.59 Å². The minimum absolute atomic E-state index is 0.0714. The van der Waals surface area contributed by atoms with Gasteiger partial charge in [0.25, 0.3) is 0 Å². The zero-order valence-electron chi connectivity index (χ0n) is 9.93. The van der Waals surface area contributed by atoms with E-state index in [0.29, 0.717) is 0 Å². The maximum absolute atomic E-state index is 12.0. The first-order valence-corrected chi connectivity index (χ1v) is 6.36. The standard InChI is InChI=1S/C12H17N2O4/c15-9-5-12(11(17)18,7-4-6(7)9)14-10(16)8-2-1-3-13-8/h4,6-9,13,15H,1-3,5H2,(H,14,16)(H,17,18)/t6-,7+,8?,9-,12-/m0/s1. The Morgan fingerprint density at radius 1 is 1.44 bits per heavy atom. The van der Waals surface area contributed by atoms with E-state index in [0.717, 1.165) is 19.4 Å². The van der Waals surface area contributed by atoms with E-state index in [1.54, 1.807) is 0 Å². The first-order chi connectivity index (χ1) is 8.54. The zero-order chi connectivity index (χ0) is 12.9. The van der Waals surface area contributed by atoms with Gasteiger partial charge in [0.15, 0.2) is 0 Å². The summed E-state index contributed by atoms with van der Waals surface area (Å²) in [5.74, 6) is -1.61. The molecule has 3 aliphatic rings. The molecule has 1 unspecified atom stereocenters. The summed E-state index contributed by atoms with van der Waals surface area (Å²) in [6.45, 7) is 0.791. The number of carboxylic acids is 1. The molecule has 0 spiro atoms. The van der Waals surface area contributed by atoms with Crippen molar-refractivity contribution in [1.82, 2.24) is 10.6 Å². The smallest absolute Gasteiger partial charge is 0.329 e. The van der Waals surface area contributed by atoms with Crippen molar-refractivity contribution in [2.75, 3.05) is 6.54 Å². The van der Waals surface area contributed by atoms with E-state index in [1.807, 2.05) is 6.42 Å². The molecule has 5 atom stereocenters. The lowest BCUT2D eigenvalue weighted by Gasteiger charge is -2.29. The minimum atomic E-state index is -1.30. The Morgan fingerprint density at radius 2 is 2.22 bits per heavy atom. The number of fused-ring (bicyclic) bond motifs is 1. The largest absolute Gasteiger partial charge is 0.479 e. The van der Waals surface area contributed by atoms with Crippen LogP contribution in [0, 0.1) is 18.3 Å². The topological polar surface area (TPSA) is 98.7 Å². The van der Waals surface area contributed by atoms with E-state index >= 15 is 0 Å². The molecule has 0 bridgehead atoms. The van der Waals surface area contributed by atoms with Crippen molar-refractivity contribution >= 4 is 11.9 Å². The van der Waals surface area contributed by atoms with Crippen LogP contribution in [0.2, 0.25) is 0 Å². The molecule has 0 aromatic carbocycles. The van der Waals surface area contributed by atoms with Crippen molar-refractivity contribution in [3.8, 4) is 0 Å². The lowest BCUT2D eigenvalue weighted by atomic mass is 9.92. The molecular formula is C12H17N2O4. The molecule has 99 valence electrons. The second kappa shape index (κ2) is 3.93. The normalized spacial score (nSPS) is 45.6. The van der Waals surface area contributed by atoms with Gasteiger partial charge in [-0.15, -0.1) is 0 Å². The molecule has 0 aromatic rings. The van der Waals surface area contributed by atoms with Crippen molar-refractivity contribution < 1.29 is 19.8 Å². The Bertz CT molecular complexity index is 394. The third-order valence-corrected chi connectivity index (χ3v) is 4.35. The molecule has 4 N–H and O–H groups in total. The SMILES string of the molecule is O=C(N[C@@]1(C(=O)O)C[C@H](O)[C@H]2[CH][C@H]21)C1CCCN1. The quantitative estimate of drug-likeness (QED) is 0.511. The number of aliphatic carboxylic acids is 1. The summed E-state index contributed by atoms with van der Waals surface area (Å²) in [5.41, 5.74) is -1.30. The average Bonchev–Trinajstić information content (AvgIpc) is 2.82. The molecule has 18 heavy (non-hydrogen) atoms. The Hall–Kier alpha value is -1.14. The summed E-state index contributed by atoms with van der Waals surface area (Å²) in [5, 5.41) is 24.9. The van der Waals surface area contributed by atoms with Gasteiger partial charge in [-0.05, 0) is 31.7 Å². The average molecular weight is 253 g/mol. The van der Waals surface area contributed by atoms with Gasteiger partial charge in [-0.3, -0.25) is 4.79 Å².